The minimum absolute atomic E-state index is 0.155. The molecule has 0 fully saturated rings. The summed E-state index contributed by atoms with van der Waals surface area (Å²) in [5.41, 5.74) is 3.17. The number of amides is 1. The molecule has 6 heteroatoms. The Hall–Kier alpha value is -3.67. The van der Waals surface area contributed by atoms with Gasteiger partial charge in [0.15, 0.2) is 0 Å². The number of ether oxygens (including phenoxy) is 1. The van der Waals surface area contributed by atoms with E-state index in [0.717, 1.165) is 27.9 Å². The smallest absolute Gasteiger partial charge is 0.252 e. The van der Waals surface area contributed by atoms with Crippen molar-refractivity contribution < 1.29 is 13.9 Å². The molecule has 0 spiro atoms. The molecule has 0 saturated heterocycles. The van der Waals surface area contributed by atoms with Crippen molar-refractivity contribution in [2.75, 3.05) is 13.7 Å². The number of nitrogens with zero attached hydrogens (tertiary/aromatic N) is 2. The van der Waals surface area contributed by atoms with E-state index in [-0.39, 0.29) is 11.7 Å². The quantitative estimate of drug-likeness (QED) is 0.539. The summed E-state index contributed by atoms with van der Waals surface area (Å²) in [7, 11) is 1.63. The van der Waals surface area contributed by atoms with Crippen LogP contribution in [0.25, 0.3) is 16.6 Å². The van der Waals surface area contributed by atoms with Gasteiger partial charge in [0.2, 0.25) is 0 Å². The van der Waals surface area contributed by atoms with E-state index in [2.05, 4.69) is 10.4 Å². The van der Waals surface area contributed by atoms with Gasteiger partial charge in [-0.2, -0.15) is 5.10 Å². The van der Waals surface area contributed by atoms with Crippen LogP contribution in [0.4, 0.5) is 4.39 Å². The van der Waals surface area contributed by atoms with Gasteiger partial charge >= 0.3 is 0 Å². The van der Waals surface area contributed by atoms with Crippen LogP contribution >= 0.6 is 0 Å². The number of aromatic nitrogens is 2. The zero-order chi connectivity index (χ0) is 20.2. The Bertz CT molecular complexity index is 1150. The van der Waals surface area contributed by atoms with Gasteiger partial charge in [0.25, 0.3) is 5.91 Å². The predicted molar refractivity (Wildman–Crippen MR) is 110 cm³/mol. The highest BCUT2D eigenvalue weighted by molar-refractivity contribution is 6.06. The van der Waals surface area contributed by atoms with E-state index in [9.17, 15) is 9.18 Å². The summed E-state index contributed by atoms with van der Waals surface area (Å²) >= 11 is 0. The highest BCUT2D eigenvalue weighted by atomic mass is 19.1. The van der Waals surface area contributed by atoms with E-state index in [4.69, 9.17) is 4.74 Å². The molecule has 4 aromatic rings. The predicted octanol–water partition coefficient (Wildman–Crippen LogP) is 4.15. The van der Waals surface area contributed by atoms with Crippen molar-refractivity contribution in [1.29, 1.82) is 0 Å². The lowest BCUT2D eigenvalue weighted by Gasteiger charge is -2.08. The monoisotopic (exact) mass is 389 g/mol. The summed E-state index contributed by atoms with van der Waals surface area (Å²) in [6, 6.07) is 19.4. The second-order valence-corrected chi connectivity index (χ2v) is 6.63. The first-order valence-electron chi connectivity index (χ1n) is 9.29. The molecule has 146 valence electrons. The molecule has 5 nitrogen and oxygen atoms in total. The molecule has 4 rings (SSSR count). The second kappa shape index (κ2) is 8.14. The van der Waals surface area contributed by atoms with E-state index in [1.165, 1.54) is 12.1 Å². The van der Waals surface area contributed by atoms with Crippen molar-refractivity contribution in [3.8, 4) is 11.4 Å². The summed E-state index contributed by atoms with van der Waals surface area (Å²) < 4.78 is 20.1. The molecule has 0 aliphatic carbocycles. The average molecular weight is 389 g/mol. The number of rotatable bonds is 6. The van der Waals surface area contributed by atoms with Crippen LogP contribution in [0, 0.1) is 5.82 Å². The van der Waals surface area contributed by atoms with Crippen LogP contribution in [0.3, 0.4) is 0 Å². The van der Waals surface area contributed by atoms with Gasteiger partial charge in [0.05, 0.1) is 30.1 Å². The summed E-state index contributed by atoms with van der Waals surface area (Å²) in [5, 5.41) is 8.10. The van der Waals surface area contributed by atoms with E-state index in [1.54, 1.807) is 36.2 Å². The molecule has 1 N–H and O–H groups in total. The van der Waals surface area contributed by atoms with Gasteiger partial charge in [-0.15, -0.1) is 0 Å². The average Bonchev–Trinajstić information content (AvgIpc) is 3.18. The molecule has 29 heavy (non-hydrogen) atoms. The van der Waals surface area contributed by atoms with Crippen LogP contribution in [0.1, 0.15) is 15.9 Å². The van der Waals surface area contributed by atoms with E-state index >= 15 is 0 Å². The van der Waals surface area contributed by atoms with Crippen molar-refractivity contribution in [2.24, 2.45) is 0 Å². The molecule has 0 atom stereocenters. The zero-order valence-corrected chi connectivity index (χ0v) is 15.9. The van der Waals surface area contributed by atoms with Gasteiger partial charge in [-0.1, -0.05) is 18.2 Å². The third-order valence-electron chi connectivity index (χ3n) is 4.76. The lowest BCUT2D eigenvalue weighted by atomic mass is 10.1. The fourth-order valence-corrected chi connectivity index (χ4v) is 3.28. The van der Waals surface area contributed by atoms with Gasteiger partial charge in [-0.3, -0.25) is 4.79 Å². The van der Waals surface area contributed by atoms with Crippen molar-refractivity contribution in [3.05, 3.63) is 89.9 Å². The summed E-state index contributed by atoms with van der Waals surface area (Å²) in [5.74, 6) is 0.338. The molecule has 0 aliphatic heterocycles. The number of nitrogens with one attached hydrogen (secondary N) is 1. The van der Waals surface area contributed by atoms with E-state index in [1.807, 2.05) is 36.4 Å². The van der Waals surface area contributed by atoms with Gasteiger partial charge in [-0.25, -0.2) is 9.07 Å². The summed E-state index contributed by atoms with van der Waals surface area (Å²) in [6.45, 7) is 0.508. The Kier molecular flexibility index (Phi) is 5.24. The number of fused-ring (bicyclic) bond motifs is 1. The highest BCUT2D eigenvalue weighted by Crippen LogP contribution is 2.22. The number of carbonyl (C=O) groups is 1. The first-order chi connectivity index (χ1) is 14.2. The molecule has 1 amide bonds. The number of hydrogen-bond donors (Lipinski definition) is 1. The molecular formula is C23H20FN3O2. The first kappa shape index (κ1) is 18.7. The Morgan fingerprint density at radius 3 is 2.69 bits per heavy atom. The molecule has 0 radical (unpaired) electrons. The van der Waals surface area contributed by atoms with Crippen LogP contribution in [-0.2, 0) is 6.42 Å². The number of carbonyl (C=O) groups excluding carboxylic acids is 1. The zero-order valence-electron chi connectivity index (χ0n) is 15.9. The molecule has 0 saturated carbocycles. The Morgan fingerprint density at radius 2 is 1.90 bits per heavy atom. The Morgan fingerprint density at radius 1 is 1.10 bits per heavy atom. The Labute approximate surface area is 167 Å². The van der Waals surface area contributed by atoms with Crippen molar-refractivity contribution in [1.82, 2.24) is 15.1 Å². The lowest BCUT2D eigenvalue weighted by Crippen LogP contribution is -2.25. The molecule has 1 aromatic heterocycles. The van der Waals surface area contributed by atoms with Gasteiger partial charge in [-0.05, 0) is 60.5 Å². The summed E-state index contributed by atoms with van der Waals surface area (Å²) in [6.07, 6.45) is 2.36. The normalized spacial score (nSPS) is 10.8. The van der Waals surface area contributed by atoms with Crippen LogP contribution in [0.2, 0.25) is 0 Å². The van der Waals surface area contributed by atoms with Gasteiger partial charge in [0, 0.05) is 11.9 Å². The van der Waals surface area contributed by atoms with Crippen molar-refractivity contribution in [3.63, 3.8) is 0 Å². The molecule has 0 unspecified atom stereocenters. The minimum atomic E-state index is -0.304. The van der Waals surface area contributed by atoms with E-state index in [0.29, 0.717) is 18.5 Å². The van der Waals surface area contributed by atoms with Gasteiger partial charge in [0.1, 0.15) is 11.6 Å². The van der Waals surface area contributed by atoms with Crippen molar-refractivity contribution in [2.45, 2.75) is 6.42 Å². The fraction of sp³-hybridized carbons (Fsp3) is 0.130. The largest absolute Gasteiger partial charge is 0.497 e. The van der Waals surface area contributed by atoms with Crippen LogP contribution in [0.15, 0.2) is 72.9 Å². The number of halogens is 1. The standard InChI is InChI=1S/C23H20FN3O2/c1-29-19-5-2-4-16(14-19)12-13-25-23(28)20-6-3-7-22-21(20)15-26-27(22)18-10-8-17(24)9-11-18/h2-11,14-15H,12-13H2,1H3,(H,25,28). The second-order valence-electron chi connectivity index (χ2n) is 6.63. The summed E-state index contributed by atoms with van der Waals surface area (Å²) in [4.78, 5) is 12.7. The fourth-order valence-electron chi connectivity index (χ4n) is 3.28. The highest BCUT2D eigenvalue weighted by Gasteiger charge is 2.14. The van der Waals surface area contributed by atoms with Crippen LogP contribution in [-0.4, -0.2) is 29.3 Å². The lowest BCUT2D eigenvalue weighted by molar-refractivity contribution is 0.0956. The maximum absolute atomic E-state index is 13.2. The van der Waals surface area contributed by atoms with Crippen LogP contribution < -0.4 is 10.1 Å². The third kappa shape index (κ3) is 3.96. The molecule has 1 heterocycles. The number of benzene rings is 3. The Balaban J connectivity index is 1.51. The SMILES string of the molecule is COc1cccc(CCNC(=O)c2cccc3c2cnn3-c2ccc(F)cc2)c1. The first-order valence-corrected chi connectivity index (χ1v) is 9.29. The maximum atomic E-state index is 13.2. The minimum Gasteiger partial charge on any atom is -0.497 e. The van der Waals surface area contributed by atoms with E-state index < -0.39 is 0 Å². The molecule has 0 bridgehead atoms. The topological polar surface area (TPSA) is 56.1 Å². The molecule has 3 aromatic carbocycles. The maximum Gasteiger partial charge on any atom is 0.252 e. The number of hydrogen-bond acceptors (Lipinski definition) is 3. The molecular weight excluding hydrogens is 369 g/mol. The number of methoxy groups -OCH3 is 1. The third-order valence-corrected chi connectivity index (χ3v) is 4.76. The van der Waals surface area contributed by atoms with Crippen LogP contribution in [0.5, 0.6) is 5.75 Å². The van der Waals surface area contributed by atoms with Gasteiger partial charge < -0.3 is 10.1 Å². The molecule has 0 aliphatic rings. The van der Waals surface area contributed by atoms with Crippen molar-refractivity contribution >= 4 is 16.8 Å².